The molecule has 0 saturated heterocycles. The highest BCUT2D eigenvalue weighted by Crippen LogP contribution is 2.15. The molecule has 3 aromatic rings. The van der Waals surface area contributed by atoms with Crippen LogP contribution in [0.5, 0.6) is 5.75 Å². The van der Waals surface area contributed by atoms with E-state index in [2.05, 4.69) is 10.4 Å². The molecule has 6 heteroatoms. The van der Waals surface area contributed by atoms with Crippen molar-refractivity contribution in [2.75, 3.05) is 11.9 Å². The summed E-state index contributed by atoms with van der Waals surface area (Å²) >= 11 is 0. The molecular weight excluding hydrogens is 306 g/mol. The number of hydrogen-bond donors (Lipinski definition) is 1. The third-order valence-corrected chi connectivity index (χ3v) is 3.50. The standard InChI is InChI=1S/C18H17N3O3/c1-2-24-15-9-7-14(8-10-15)20-17(22)12-21-18(23)16-6-4-3-5-13(16)11-19-21/h3-11H,2,12H2,1H3,(H,20,22). The maximum atomic E-state index is 12.3. The van der Waals surface area contributed by atoms with E-state index in [9.17, 15) is 9.59 Å². The smallest absolute Gasteiger partial charge is 0.275 e. The first-order chi connectivity index (χ1) is 11.7. The van der Waals surface area contributed by atoms with Gasteiger partial charge in [0.25, 0.3) is 5.56 Å². The van der Waals surface area contributed by atoms with Crippen molar-refractivity contribution < 1.29 is 9.53 Å². The molecule has 1 aromatic heterocycles. The van der Waals surface area contributed by atoms with E-state index in [0.29, 0.717) is 17.7 Å². The highest BCUT2D eigenvalue weighted by atomic mass is 16.5. The number of carbonyl (C=O) groups is 1. The van der Waals surface area contributed by atoms with Crippen LogP contribution in [-0.4, -0.2) is 22.3 Å². The van der Waals surface area contributed by atoms with Crippen LogP contribution >= 0.6 is 0 Å². The van der Waals surface area contributed by atoms with Crippen LogP contribution in [-0.2, 0) is 11.3 Å². The predicted octanol–water partition coefficient (Wildman–Crippen LogP) is 2.43. The summed E-state index contributed by atoms with van der Waals surface area (Å²) in [5, 5.41) is 8.09. The predicted molar refractivity (Wildman–Crippen MR) is 92.2 cm³/mol. The molecule has 3 rings (SSSR count). The zero-order valence-corrected chi connectivity index (χ0v) is 13.2. The van der Waals surface area contributed by atoms with Crippen molar-refractivity contribution in [2.45, 2.75) is 13.5 Å². The molecule has 0 radical (unpaired) electrons. The largest absolute Gasteiger partial charge is 0.494 e. The first-order valence-electron chi connectivity index (χ1n) is 7.65. The Morgan fingerprint density at radius 3 is 2.67 bits per heavy atom. The van der Waals surface area contributed by atoms with Crippen molar-refractivity contribution >= 4 is 22.4 Å². The number of ether oxygens (including phenoxy) is 1. The highest BCUT2D eigenvalue weighted by Gasteiger charge is 2.08. The van der Waals surface area contributed by atoms with Crippen LogP contribution in [0.3, 0.4) is 0 Å². The van der Waals surface area contributed by atoms with Crippen molar-refractivity contribution in [2.24, 2.45) is 0 Å². The Balaban J connectivity index is 1.73. The Labute approximate surface area is 138 Å². The number of aromatic nitrogens is 2. The summed E-state index contributed by atoms with van der Waals surface area (Å²) < 4.78 is 6.51. The number of anilines is 1. The molecule has 1 N–H and O–H groups in total. The molecule has 0 atom stereocenters. The van der Waals surface area contributed by atoms with Crippen LogP contribution in [0.1, 0.15) is 6.92 Å². The van der Waals surface area contributed by atoms with Gasteiger partial charge in [-0.1, -0.05) is 18.2 Å². The Morgan fingerprint density at radius 1 is 1.17 bits per heavy atom. The van der Waals surface area contributed by atoms with Crippen LogP contribution < -0.4 is 15.6 Å². The van der Waals surface area contributed by atoms with Crippen molar-refractivity contribution in [1.29, 1.82) is 0 Å². The number of nitrogens with one attached hydrogen (secondary N) is 1. The Bertz CT molecular complexity index is 917. The maximum absolute atomic E-state index is 12.3. The molecule has 1 heterocycles. The Morgan fingerprint density at radius 2 is 1.92 bits per heavy atom. The lowest BCUT2D eigenvalue weighted by atomic mass is 10.2. The minimum atomic E-state index is -0.316. The van der Waals surface area contributed by atoms with Crippen molar-refractivity contribution in [3.05, 3.63) is 65.1 Å². The van der Waals surface area contributed by atoms with E-state index in [4.69, 9.17) is 4.74 Å². The molecule has 122 valence electrons. The molecule has 0 fully saturated rings. The summed E-state index contributed by atoms with van der Waals surface area (Å²) in [6.45, 7) is 2.35. The number of rotatable bonds is 5. The lowest BCUT2D eigenvalue weighted by Gasteiger charge is -2.08. The van der Waals surface area contributed by atoms with Gasteiger partial charge >= 0.3 is 0 Å². The molecule has 24 heavy (non-hydrogen) atoms. The second kappa shape index (κ2) is 6.95. The zero-order valence-electron chi connectivity index (χ0n) is 13.2. The number of nitrogens with zero attached hydrogens (tertiary/aromatic N) is 2. The summed E-state index contributed by atoms with van der Waals surface area (Å²) in [4.78, 5) is 24.5. The molecular formula is C18H17N3O3. The summed E-state index contributed by atoms with van der Waals surface area (Å²) in [6, 6.07) is 14.2. The molecule has 0 unspecified atom stereocenters. The number of hydrogen-bond acceptors (Lipinski definition) is 4. The van der Waals surface area contributed by atoms with E-state index in [1.165, 1.54) is 0 Å². The topological polar surface area (TPSA) is 73.2 Å². The number of amides is 1. The fourth-order valence-corrected chi connectivity index (χ4v) is 2.38. The molecule has 0 aliphatic rings. The zero-order chi connectivity index (χ0) is 16.9. The van der Waals surface area contributed by atoms with E-state index in [1.54, 1.807) is 42.6 Å². The van der Waals surface area contributed by atoms with Crippen LogP contribution in [0, 0.1) is 0 Å². The summed E-state index contributed by atoms with van der Waals surface area (Å²) in [5.74, 6) is 0.423. The van der Waals surface area contributed by atoms with Gasteiger partial charge in [0.15, 0.2) is 0 Å². The SMILES string of the molecule is CCOc1ccc(NC(=O)Cn2ncc3ccccc3c2=O)cc1. The summed E-state index contributed by atoms with van der Waals surface area (Å²) in [5.41, 5.74) is 0.354. The highest BCUT2D eigenvalue weighted by molar-refractivity contribution is 5.90. The van der Waals surface area contributed by atoms with Crippen LogP contribution in [0.2, 0.25) is 0 Å². The molecule has 0 bridgehead atoms. The van der Waals surface area contributed by atoms with E-state index in [-0.39, 0.29) is 18.0 Å². The van der Waals surface area contributed by atoms with Gasteiger partial charge in [-0.25, -0.2) is 4.68 Å². The van der Waals surface area contributed by atoms with Gasteiger partial charge in [0, 0.05) is 11.1 Å². The normalized spacial score (nSPS) is 10.5. The lowest BCUT2D eigenvalue weighted by Crippen LogP contribution is -2.29. The van der Waals surface area contributed by atoms with E-state index in [0.717, 1.165) is 15.8 Å². The van der Waals surface area contributed by atoms with Crippen molar-refractivity contribution in [1.82, 2.24) is 9.78 Å². The first-order valence-corrected chi connectivity index (χ1v) is 7.65. The van der Waals surface area contributed by atoms with Gasteiger partial charge < -0.3 is 10.1 Å². The minimum absolute atomic E-state index is 0.142. The second-order valence-electron chi connectivity index (χ2n) is 5.20. The molecule has 0 aliphatic heterocycles. The summed E-state index contributed by atoms with van der Waals surface area (Å²) in [7, 11) is 0. The van der Waals surface area contributed by atoms with Gasteiger partial charge in [-0.15, -0.1) is 0 Å². The van der Waals surface area contributed by atoms with Gasteiger partial charge in [-0.2, -0.15) is 5.10 Å². The third-order valence-electron chi connectivity index (χ3n) is 3.50. The van der Waals surface area contributed by atoms with Gasteiger partial charge in [0.2, 0.25) is 5.91 Å². The molecule has 2 aromatic carbocycles. The fourth-order valence-electron chi connectivity index (χ4n) is 2.38. The maximum Gasteiger partial charge on any atom is 0.275 e. The van der Waals surface area contributed by atoms with Gasteiger partial charge in [0.1, 0.15) is 12.3 Å². The van der Waals surface area contributed by atoms with Gasteiger partial charge in [0.05, 0.1) is 18.2 Å². The minimum Gasteiger partial charge on any atom is -0.494 e. The third kappa shape index (κ3) is 3.43. The lowest BCUT2D eigenvalue weighted by molar-refractivity contribution is -0.117. The monoisotopic (exact) mass is 323 g/mol. The van der Waals surface area contributed by atoms with Gasteiger partial charge in [-0.3, -0.25) is 9.59 Å². The molecule has 0 spiro atoms. The summed E-state index contributed by atoms with van der Waals surface area (Å²) in [6.07, 6.45) is 1.58. The van der Waals surface area contributed by atoms with Crippen LogP contribution in [0.15, 0.2) is 59.5 Å². The number of carbonyl (C=O) groups excluding carboxylic acids is 1. The average molecular weight is 323 g/mol. The quantitative estimate of drug-likeness (QED) is 0.782. The van der Waals surface area contributed by atoms with Crippen LogP contribution in [0.4, 0.5) is 5.69 Å². The van der Waals surface area contributed by atoms with Crippen molar-refractivity contribution in [3.8, 4) is 5.75 Å². The van der Waals surface area contributed by atoms with E-state index in [1.807, 2.05) is 19.1 Å². The average Bonchev–Trinajstić information content (AvgIpc) is 2.60. The number of benzene rings is 2. The first kappa shape index (κ1) is 15.7. The molecule has 0 aliphatic carbocycles. The Kier molecular flexibility index (Phi) is 4.56. The van der Waals surface area contributed by atoms with Crippen LogP contribution in [0.25, 0.3) is 10.8 Å². The molecule has 1 amide bonds. The number of fused-ring (bicyclic) bond motifs is 1. The fraction of sp³-hybridized carbons (Fsp3) is 0.167. The van der Waals surface area contributed by atoms with E-state index >= 15 is 0 Å². The molecule has 0 saturated carbocycles. The van der Waals surface area contributed by atoms with Gasteiger partial charge in [-0.05, 0) is 37.3 Å². The molecule has 6 nitrogen and oxygen atoms in total. The Hall–Kier alpha value is -3.15. The second-order valence-corrected chi connectivity index (χ2v) is 5.20. The van der Waals surface area contributed by atoms with E-state index < -0.39 is 0 Å². The van der Waals surface area contributed by atoms with Crippen molar-refractivity contribution in [3.63, 3.8) is 0 Å².